The highest BCUT2D eigenvalue weighted by Gasteiger charge is 2.20. The Kier molecular flexibility index (Phi) is 4.49. The van der Waals surface area contributed by atoms with Crippen molar-refractivity contribution in [1.82, 2.24) is 5.32 Å². The van der Waals surface area contributed by atoms with Gasteiger partial charge in [-0.3, -0.25) is 4.79 Å². The molecule has 1 saturated heterocycles. The number of phenols is 1. The lowest BCUT2D eigenvalue weighted by molar-refractivity contribution is 0.373. The molecule has 6 heteroatoms. The molecule has 0 unspecified atom stereocenters. The van der Waals surface area contributed by atoms with Gasteiger partial charge in [-0.05, 0) is 67.7 Å². The highest BCUT2D eigenvalue weighted by atomic mass is 16.5. The zero-order valence-electron chi connectivity index (χ0n) is 15.0. The van der Waals surface area contributed by atoms with Crippen LogP contribution in [0.1, 0.15) is 24.3 Å². The summed E-state index contributed by atoms with van der Waals surface area (Å²) in [6.45, 7) is 1.95. The molecule has 0 spiro atoms. The summed E-state index contributed by atoms with van der Waals surface area (Å²) in [4.78, 5) is 12.6. The normalized spacial score (nSPS) is 15.1. The van der Waals surface area contributed by atoms with E-state index < -0.39 is 11.2 Å². The Labute approximate surface area is 156 Å². The first-order valence-electron chi connectivity index (χ1n) is 8.96. The van der Waals surface area contributed by atoms with Gasteiger partial charge in [0.25, 0.3) is 0 Å². The third kappa shape index (κ3) is 3.13. The Hall–Kier alpha value is -2.99. The molecule has 0 atom stereocenters. The van der Waals surface area contributed by atoms with Crippen molar-refractivity contribution < 1.29 is 19.4 Å². The molecule has 0 radical (unpaired) electrons. The maximum absolute atomic E-state index is 12.6. The van der Waals surface area contributed by atoms with Gasteiger partial charge in [0.15, 0.2) is 17.3 Å². The van der Waals surface area contributed by atoms with E-state index in [9.17, 15) is 15.0 Å². The minimum Gasteiger partial charge on any atom is -0.504 e. The summed E-state index contributed by atoms with van der Waals surface area (Å²) in [6.07, 6.45) is 2.08. The summed E-state index contributed by atoms with van der Waals surface area (Å²) in [5, 5.41) is 23.8. The number of phenolic OH excluding ortho intramolecular Hbond substituents is 1. The van der Waals surface area contributed by atoms with E-state index in [2.05, 4.69) is 5.32 Å². The number of fused-ring (bicyclic) bond motifs is 1. The molecule has 2 aromatic carbocycles. The third-order valence-corrected chi connectivity index (χ3v) is 5.14. The van der Waals surface area contributed by atoms with E-state index in [1.165, 1.54) is 19.2 Å². The van der Waals surface area contributed by atoms with Gasteiger partial charge in [0, 0.05) is 5.56 Å². The predicted molar refractivity (Wildman–Crippen MR) is 103 cm³/mol. The minimum absolute atomic E-state index is 0.0305. The number of benzene rings is 2. The number of piperidine rings is 1. The van der Waals surface area contributed by atoms with Gasteiger partial charge in [-0.15, -0.1) is 0 Å². The molecule has 2 heterocycles. The summed E-state index contributed by atoms with van der Waals surface area (Å²) >= 11 is 0. The molecule has 1 aromatic heterocycles. The molecular formula is C21H21NO5. The fourth-order valence-electron chi connectivity index (χ4n) is 3.62. The topological polar surface area (TPSA) is 91.9 Å². The Bertz CT molecular complexity index is 1050. The van der Waals surface area contributed by atoms with Gasteiger partial charge >= 0.3 is 0 Å². The highest BCUT2D eigenvalue weighted by molar-refractivity contribution is 5.82. The van der Waals surface area contributed by atoms with E-state index >= 15 is 0 Å². The number of nitrogens with one attached hydrogen (secondary N) is 1. The van der Waals surface area contributed by atoms with Crippen molar-refractivity contribution in [1.29, 1.82) is 0 Å². The van der Waals surface area contributed by atoms with Crippen molar-refractivity contribution in [3.63, 3.8) is 0 Å². The number of aromatic hydroxyl groups is 2. The lowest BCUT2D eigenvalue weighted by Gasteiger charge is -2.23. The molecule has 0 aliphatic carbocycles. The van der Waals surface area contributed by atoms with Crippen LogP contribution in [-0.4, -0.2) is 30.4 Å². The molecule has 4 rings (SSSR count). The molecule has 140 valence electrons. The molecule has 1 aliphatic heterocycles. The maximum Gasteiger partial charge on any atom is 0.235 e. The van der Waals surface area contributed by atoms with Gasteiger partial charge in [-0.1, -0.05) is 6.07 Å². The van der Waals surface area contributed by atoms with Gasteiger partial charge < -0.3 is 24.7 Å². The van der Waals surface area contributed by atoms with Crippen LogP contribution in [0.15, 0.2) is 45.6 Å². The lowest BCUT2D eigenvalue weighted by Crippen LogP contribution is -2.26. The third-order valence-electron chi connectivity index (χ3n) is 5.14. The summed E-state index contributed by atoms with van der Waals surface area (Å²) in [6, 6.07) is 10.1. The number of rotatable bonds is 3. The van der Waals surface area contributed by atoms with Gasteiger partial charge in [-0.25, -0.2) is 0 Å². The van der Waals surface area contributed by atoms with E-state index in [1.807, 2.05) is 12.1 Å². The monoisotopic (exact) mass is 367 g/mol. The summed E-state index contributed by atoms with van der Waals surface area (Å²) in [5.74, 6) is 0.236. The molecule has 3 N–H and O–H groups in total. The Balaban J connectivity index is 1.86. The second-order valence-corrected chi connectivity index (χ2v) is 6.78. The van der Waals surface area contributed by atoms with Gasteiger partial charge in [0.1, 0.15) is 5.58 Å². The summed E-state index contributed by atoms with van der Waals surface area (Å²) in [5.41, 5.74) is 1.55. The zero-order chi connectivity index (χ0) is 19.0. The predicted octanol–water partition coefficient (Wildman–Crippen LogP) is 3.35. The fraction of sp³-hybridized carbons (Fsp3) is 0.286. The van der Waals surface area contributed by atoms with Gasteiger partial charge in [-0.2, -0.15) is 0 Å². The average molecular weight is 367 g/mol. The first-order chi connectivity index (χ1) is 13.1. The first-order valence-corrected chi connectivity index (χ1v) is 8.96. The standard InChI is InChI=1S/C21H21NO5/c1-26-18-11-14(3-5-16(18)23)21-20(25)19(24)15-4-2-13(10-17(15)27-21)12-6-8-22-9-7-12/h2-5,10-12,22-23,25H,6-9H2,1H3. The van der Waals surface area contributed by atoms with Crippen LogP contribution in [0.5, 0.6) is 17.2 Å². The molecule has 0 amide bonds. The molecule has 0 bridgehead atoms. The summed E-state index contributed by atoms with van der Waals surface area (Å²) in [7, 11) is 1.43. The Morgan fingerprint density at radius 1 is 1.11 bits per heavy atom. The molecule has 1 aliphatic rings. The maximum atomic E-state index is 12.6. The second-order valence-electron chi connectivity index (χ2n) is 6.78. The van der Waals surface area contributed by atoms with Crippen molar-refractivity contribution >= 4 is 11.0 Å². The molecule has 1 fully saturated rings. The average Bonchev–Trinajstić information content (AvgIpc) is 2.71. The quantitative estimate of drug-likeness (QED) is 0.658. The molecule has 0 saturated carbocycles. The van der Waals surface area contributed by atoms with E-state index in [0.29, 0.717) is 22.5 Å². The number of hydrogen-bond donors (Lipinski definition) is 3. The molecule has 27 heavy (non-hydrogen) atoms. The zero-order valence-corrected chi connectivity index (χ0v) is 15.0. The molecular weight excluding hydrogens is 346 g/mol. The van der Waals surface area contributed by atoms with Crippen LogP contribution in [0.4, 0.5) is 0 Å². The van der Waals surface area contributed by atoms with E-state index in [-0.39, 0.29) is 17.3 Å². The highest BCUT2D eigenvalue weighted by Crippen LogP contribution is 2.36. The smallest absolute Gasteiger partial charge is 0.235 e. The van der Waals surface area contributed by atoms with E-state index in [1.54, 1.807) is 12.1 Å². The molecule has 6 nitrogen and oxygen atoms in total. The lowest BCUT2D eigenvalue weighted by atomic mass is 9.90. The SMILES string of the molecule is COc1cc(-c2oc3cc(C4CCNCC4)ccc3c(=O)c2O)ccc1O. The van der Waals surface area contributed by atoms with Crippen molar-refractivity contribution in [2.24, 2.45) is 0 Å². The number of methoxy groups -OCH3 is 1. The van der Waals surface area contributed by atoms with Crippen LogP contribution in [0.3, 0.4) is 0 Å². The van der Waals surface area contributed by atoms with Crippen molar-refractivity contribution in [3.05, 3.63) is 52.2 Å². The fourth-order valence-corrected chi connectivity index (χ4v) is 3.62. The van der Waals surface area contributed by atoms with E-state index in [4.69, 9.17) is 9.15 Å². The minimum atomic E-state index is -0.477. The Morgan fingerprint density at radius 2 is 1.89 bits per heavy atom. The summed E-state index contributed by atoms with van der Waals surface area (Å²) < 4.78 is 11.0. The van der Waals surface area contributed by atoms with Crippen LogP contribution in [-0.2, 0) is 0 Å². The van der Waals surface area contributed by atoms with Crippen LogP contribution in [0.25, 0.3) is 22.3 Å². The van der Waals surface area contributed by atoms with Gasteiger partial charge in [0.05, 0.1) is 12.5 Å². The molecule has 3 aromatic rings. The van der Waals surface area contributed by atoms with Crippen LogP contribution in [0, 0.1) is 0 Å². The van der Waals surface area contributed by atoms with E-state index in [0.717, 1.165) is 31.5 Å². The van der Waals surface area contributed by atoms with Crippen LogP contribution >= 0.6 is 0 Å². The van der Waals surface area contributed by atoms with Crippen LogP contribution < -0.4 is 15.5 Å². The van der Waals surface area contributed by atoms with Crippen molar-refractivity contribution in [2.75, 3.05) is 20.2 Å². The van der Waals surface area contributed by atoms with Crippen molar-refractivity contribution in [3.8, 4) is 28.6 Å². The largest absolute Gasteiger partial charge is 0.504 e. The first kappa shape index (κ1) is 17.4. The number of hydrogen-bond acceptors (Lipinski definition) is 6. The van der Waals surface area contributed by atoms with Gasteiger partial charge in [0.2, 0.25) is 11.2 Å². The van der Waals surface area contributed by atoms with Crippen molar-refractivity contribution in [2.45, 2.75) is 18.8 Å². The number of ether oxygens (including phenoxy) is 1. The Morgan fingerprint density at radius 3 is 2.63 bits per heavy atom. The second kappa shape index (κ2) is 6.96. The van der Waals surface area contributed by atoms with Crippen LogP contribution in [0.2, 0.25) is 0 Å².